The molecule has 0 bridgehead atoms. The molecule has 0 unspecified atom stereocenters. The fourth-order valence-electron chi connectivity index (χ4n) is 7.97. The fraction of sp³-hybridized carbons (Fsp3) is 0. The van der Waals surface area contributed by atoms with Crippen LogP contribution in [0.25, 0.3) is 102 Å². The molecule has 8 aromatic carbocycles. The van der Waals surface area contributed by atoms with Crippen LogP contribution in [0.3, 0.4) is 0 Å². The first-order valence-corrected chi connectivity index (χ1v) is 16.9. The van der Waals surface area contributed by atoms with Crippen LogP contribution < -0.4 is 0 Å². The fourth-order valence-corrected chi connectivity index (χ4v) is 9.21. The summed E-state index contributed by atoms with van der Waals surface area (Å²) in [4.78, 5) is 3.86. The van der Waals surface area contributed by atoms with Gasteiger partial charge in [-0.1, -0.05) is 109 Å². The number of aromatic nitrogens is 2. The molecule has 3 heterocycles. The number of rotatable bonds is 2. The average Bonchev–Trinajstić information content (AvgIpc) is 3.80. The second-order valence-corrected chi connectivity index (χ2v) is 13.7. The minimum Gasteiger partial charge on any atom is -0.353 e. The summed E-state index contributed by atoms with van der Waals surface area (Å²) >= 11 is 1.91. The Labute approximate surface area is 273 Å². The molecule has 0 saturated carbocycles. The molecule has 0 aliphatic heterocycles. The van der Waals surface area contributed by atoms with Gasteiger partial charge in [0.15, 0.2) is 0 Å². The molecule has 0 radical (unpaired) electrons. The van der Waals surface area contributed by atoms with Gasteiger partial charge in [-0.15, -0.1) is 11.3 Å². The van der Waals surface area contributed by atoms with Crippen molar-refractivity contribution < 1.29 is 0 Å². The summed E-state index contributed by atoms with van der Waals surface area (Å²) in [5.74, 6) is 0. The zero-order valence-corrected chi connectivity index (χ0v) is 26.1. The van der Waals surface area contributed by atoms with E-state index in [4.69, 9.17) is 0 Å². The Balaban J connectivity index is 1.29. The van der Waals surface area contributed by atoms with Gasteiger partial charge in [0.1, 0.15) is 0 Å². The van der Waals surface area contributed by atoms with Crippen LogP contribution in [0.4, 0.5) is 0 Å². The van der Waals surface area contributed by atoms with Crippen molar-refractivity contribution >= 4 is 96.7 Å². The van der Waals surface area contributed by atoms with Gasteiger partial charge in [-0.3, -0.25) is 0 Å². The molecule has 0 saturated heterocycles. The van der Waals surface area contributed by atoms with Gasteiger partial charge in [0.2, 0.25) is 0 Å². The van der Waals surface area contributed by atoms with Crippen LogP contribution in [-0.4, -0.2) is 9.55 Å². The summed E-state index contributed by atoms with van der Waals surface area (Å²) in [6.45, 7) is 0. The first-order valence-electron chi connectivity index (χ1n) is 16.1. The maximum Gasteiger partial charge on any atom is 0.0653 e. The van der Waals surface area contributed by atoms with E-state index in [0.717, 1.165) is 0 Å². The molecule has 0 spiro atoms. The lowest BCUT2D eigenvalue weighted by Crippen LogP contribution is -1.93. The highest BCUT2D eigenvalue weighted by Crippen LogP contribution is 2.48. The van der Waals surface area contributed by atoms with Crippen LogP contribution in [0.15, 0.2) is 152 Å². The summed E-state index contributed by atoms with van der Waals surface area (Å²) in [7, 11) is 0. The van der Waals surface area contributed by atoms with Gasteiger partial charge in [-0.05, 0) is 75.1 Å². The van der Waals surface area contributed by atoms with Crippen LogP contribution in [0, 0.1) is 0 Å². The van der Waals surface area contributed by atoms with E-state index >= 15 is 0 Å². The molecule has 0 aliphatic rings. The first kappa shape index (κ1) is 25.3. The Morgan fingerprint density at radius 1 is 0.447 bits per heavy atom. The summed E-state index contributed by atoms with van der Waals surface area (Å²) in [5.41, 5.74) is 8.54. The quantitative estimate of drug-likeness (QED) is 0.200. The number of hydrogen-bond acceptors (Lipinski definition) is 1. The molecule has 1 N–H and O–H groups in total. The Bertz CT molecular complexity index is 3070. The number of hydrogen-bond donors (Lipinski definition) is 1. The van der Waals surface area contributed by atoms with Gasteiger partial charge in [-0.2, -0.15) is 0 Å². The number of nitrogens with one attached hydrogen (secondary N) is 1. The summed E-state index contributed by atoms with van der Waals surface area (Å²) in [6.07, 6.45) is 0. The smallest absolute Gasteiger partial charge is 0.0653 e. The van der Waals surface area contributed by atoms with E-state index in [1.165, 1.54) is 102 Å². The van der Waals surface area contributed by atoms with E-state index in [-0.39, 0.29) is 0 Å². The van der Waals surface area contributed by atoms with Gasteiger partial charge < -0.3 is 9.55 Å². The molecule has 11 aromatic rings. The molecule has 0 atom stereocenters. The average molecular weight is 615 g/mol. The number of thiophene rings is 1. The van der Waals surface area contributed by atoms with Crippen LogP contribution in [0.1, 0.15) is 0 Å². The summed E-state index contributed by atoms with van der Waals surface area (Å²) in [5, 5.41) is 12.9. The maximum absolute atomic E-state index is 3.86. The molecule has 0 fully saturated rings. The Kier molecular flexibility index (Phi) is 5.02. The molecule has 218 valence electrons. The predicted octanol–water partition coefficient (Wildman–Crippen LogP) is 12.8. The third-order valence-electron chi connectivity index (χ3n) is 10.1. The third kappa shape index (κ3) is 3.49. The number of benzene rings is 8. The van der Waals surface area contributed by atoms with Crippen molar-refractivity contribution in [1.29, 1.82) is 0 Å². The van der Waals surface area contributed by atoms with Gasteiger partial charge in [-0.25, -0.2) is 0 Å². The monoisotopic (exact) mass is 614 g/mol. The van der Waals surface area contributed by atoms with E-state index in [1.807, 2.05) is 11.3 Å². The predicted molar refractivity (Wildman–Crippen MR) is 203 cm³/mol. The van der Waals surface area contributed by atoms with Crippen LogP contribution in [-0.2, 0) is 0 Å². The molecule has 47 heavy (non-hydrogen) atoms. The van der Waals surface area contributed by atoms with Crippen molar-refractivity contribution in [3.8, 4) is 16.8 Å². The number of aromatic amines is 1. The van der Waals surface area contributed by atoms with Gasteiger partial charge >= 0.3 is 0 Å². The van der Waals surface area contributed by atoms with Crippen molar-refractivity contribution in [1.82, 2.24) is 9.55 Å². The van der Waals surface area contributed by atoms with Crippen LogP contribution in [0.5, 0.6) is 0 Å². The van der Waals surface area contributed by atoms with E-state index in [1.54, 1.807) is 0 Å². The molecule has 0 aliphatic carbocycles. The van der Waals surface area contributed by atoms with Gasteiger partial charge in [0.05, 0.1) is 21.3 Å². The number of para-hydroxylation sites is 2. The normalized spacial score (nSPS) is 12.3. The second kappa shape index (κ2) is 9.32. The van der Waals surface area contributed by atoms with E-state index in [2.05, 4.69) is 161 Å². The molecule has 3 heteroatoms. The highest BCUT2D eigenvalue weighted by atomic mass is 32.1. The van der Waals surface area contributed by atoms with E-state index in [0.29, 0.717) is 0 Å². The lowest BCUT2D eigenvalue weighted by atomic mass is 9.95. The second-order valence-electron chi connectivity index (χ2n) is 12.6. The van der Waals surface area contributed by atoms with E-state index in [9.17, 15) is 0 Å². The lowest BCUT2D eigenvalue weighted by molar-refractivity contribution is 1.19. The number of nitrogens with zero attached hydrogens (tertiary/aromatic N) is 1. The zero-order valence-electron chi connectivity index (χ0n) is 25.3. The molecular formula is C44H26N2S. The highest BCUT2D eigenvalue weighted by Gasteiger charge is 2.21. The topological polar surface area (TPSA) is 20.7 Å². The van der Waals surface area contributed by atoms with Gasteiger partial charge in [0, 0.05) is 48.2 Å². The van der Waals surface area contributed by atoms with E-state index < -0.39 is 0 Å². The first-order chi connectivity index (χ1) is 23.3. The molecule has 0 amide bonds. The number of H-pyrrole nitrogens is 1. The molecule has 3 aromatic heterocycles. The van der Waals surface area contributed by atoms with Crippen molar-refractivity contribution in [2.24, 2.45) is 0 Å². The van der Waals surface area contributed by atoms with Crippen LogP contribution in [0.2, 0.25) is 0 Å². The Hall–Kier alpha value is -5.90. The Morgan fingerprint density at radius 3 is 2.15 bits per heavy atom. The summed E-state index contributed by atoms with van der Waals surface area (Å²) < 4.78 is 5.07. The third-order valence-corrected chi connectivity index (χ3v) is 11.2. The van der Waals surface area contributed by atoms with Crippen LogP contribution >= 0.6 is 11.3 Å². The van der Waals surface area contributed by atoms with Crippen molar-refractivity contribution in [3.63, 3.8) is 0 Å². The standard InChI is InChI=1S/C44H26N2S/c1-2-10-26(11-3-1)29-19-21-32-35(23-29)41-33-15-6-8-16-37(33)45-43(41)44-42(32)36-24-34-31-14-7-9-17-38(31)46(39(34)25-40(36)47-44)30-20-18-27-12-4-5-13-28(27)22-30/h1-25,45H. The molecule has 11 rings (SSSR count). The van der Waals surface area contributed by atoms with Crippen molar-refractivity contribution in [2.45, 2.75) is 0 Å². The van der Waals surface area contributed by atoms with Gasteiger partial charge in [0.25, 0.3) is 0 Å². The maximum atomic E-state index is 3.86. The Morgan fingerprint density at radius 2 is 1.23 bits per heavy atom. The zero-order chi connectivity index (χ0) is 30.6. The minimum atomic E-state index is 1.18. The molecular weight excluding hydrogens is 589 g/mol. The largest absolute Gasteiger partial charge is 0.353 e. The van der Waals surface area contributed by atoms with Crippen molar-refractivity contribution in [3.05, 3.63) is 152 Å². The number of fused-ring (bicyclic) bond motifs is 14. The lowest BCUT2D eigenvalue weighted by Gasteiger charge is -2.10. The van der Waals surface area contributed by atoms with Crippen molar-refractivity contribution in [2.75, 3.05) is 0 Å². The highest BCUT2D eigenvalue weighted by molar-refractivity contribution is 7.27. The molecule has 2 nitrogen and oxygen atoms in total. The minimum absolute atomic E-state index is 1.18. The SMILES string of the molecule is c1ccc(-c2ccc3c(c2)c2c4ccccc4[nH]c2c2sc4cc5c(cc4c32)c2ccccc2n5-c2ccc3ccccc3c2)cc1. The summed E-state index contributed by atoms with van der Waals surface area (Å²) in [6, 6.07) is 55.7.